The molecule has 106 valence electrons. The summed E-state index contributed by atoms with van der Waals surface area (Å²) in [6, 6.07) is 7.70. The van der Waals surface area contributed by atoms with Crippen LogP contribution in [0, 0.1) is 5.92 Å². The largest absolute Gasteiger partial charge is 0.331 e. The molecule has 0 N–H and O–H groups in total. The number of sulfone groups is 1. The molecule has 0 saturated carbocycles. The molecule has 1 aliphatic heterocycles. The molecule has 0 spiro atoms. The number of nitrogens with zero attached hydrogens (tertiary/aromatic N) is 2. The van der Waals surface area contributed by atoms with E-state index in [9.17, 15) is 13.2 Å². The fraction of sp³-hybridized carbons (Fsp3) is 0.429. The van der Waals surface area contributed by atoms with E-state index >= 15 is 0 Å². The normalized spacial score (nSPS) is 21.4. The maximum atomic E-state index is 12.2. The Labute approximate surface area is 117 Å². The lowest BCUT2D eigenvalue weighted by molar-refractivity contribution is -0.121. The van der Waals surface area contributed by atoms with Crippen LogP contribution in [0.4, 0.5) is 0 Å². The molecule has 1 aromatic carbocycles. The minimum Gasteiger partial charge on any atom is -0.331 e. The highest BCUT2D eigenvalue weighted by molar-refractivity contribution is 7.91. The van der Waals surface area contributed by atoms with E-state index in [2.05, 4.69) is 4.98 Å². The van der Waals surface area contributed by atoms with Crippen LogP contribution in [0.1, 0.15) is 12.2 Å². The number of imidazole rings is 1. The Bertz CT molecular complexity index is 777. The minimum absolute atomic E-state index is 0.00419. The number of aryl methyl sites for hydroxylation is 1. The average Bonchev–Trinajstić information content (AvgIpc) is 2.92. The average molecular weight is 292 g/mol. The zero-order valence-corrected chi connectivity index (χ0v) is 12.1. The lowest BCUT2D eigenvalue weighted by atomic mass is 10.0. The van der Waals surface area contributed by atoms with E-state index < -0.39 is 9.84 Å². The summed E-state index contributed by atoms with van der Waals surface area (Å²) in [5, 5.41) is 0. The molecule has 1 unspecified atom stereocenters. The van der Waals surface area contributed by atoms with Gasteiger partial charge in [-0.25, -0.2) is 13.4 Å². The van der Waals surface area contributed by atoms with Crippen LogP contribution < -0.4 is 0 Å². The molecular weight excluding hydrogens is 276 g/mol. The van der Waals surface area contributed by atoms with Crippen molar-refractivity contribution in [2.75, 3.05) is 11.5 Å². The zero-order chi connectivity index (χ0) is 14.3. The van der Waals surface area contributed by atoms with Crippen LogP contribution in [0.2, 0.25) is 0 Å². The van der Waals surface area contributed by atoms with E-state index in [1.807, 2.05) is 35.9 Å². The Kier molecular flexibility index (Phi) is 3.12. The number of fused-ring (bicyclic) bond motifs is 1. The van der Waals surface area contributed by atoms with Crippen molar-refractivity contribution in [3.05, 3.63) is 30.1 Å². The van der Waals surface area contributed by atoms with Crippen molar-refractivity contribution in [3.8, 4) is 0 Å². The number of carbonyl (C=O) groups is 1. The number of ketones is 1. The first-order valence-corrected chi connectivity index (χ1v) is 8.42. The first-order valence-electron chi connectivity index (χ1n) is 6.60. The van der Waals surface area contributed by atoms with Crippen LogP contribution in [-0.2, 0) is 28.1 Å². The highest BCUT2D eigenvalue weighted by Gasteiger charge is 2.33. The van der Waals surface area contributed by atoms with Crippen LogP contribution in [0.15, 0.2) is 24.3 Å². The molecule has 1 saturated heterocycles. The second kappa shape index (κ2) is 4.70. The predicted molar refractivity (Wildman–Crippen MR) is 76.2 cm³/mol. The molecule has 0 radical (unpaired) electrons. The number of rotatable bonds is 3. The van der Waals surface area contributed by atoms with Crippen LogP contribution in [0.25, 0.3) is 11.0 Å². The fourth-order valence-electron chi connectivity index (χ4n) is 2.70. The number of hydrogen-bond acceptors (Lipinski definition) is 4. The molecule has 6 heteroatoms. The summed E-state index contributed by atoms with van der Waals surface area (Å²) >= 11 is 0. The molecule has 2 heterocycles. The molecule has 1 aliphatic rings. The van der Waals surface area contributed by atoms with E-state index in [1.165, 1.54) is 0 Å². The molecule has 5 nitrogen and oxygen atoms in total. The monoisotopic (exact) mass is 292 g/mol. The number of hydrogen-bond donors (Lipinski definition) is 0. The summed E-state index contributed by atoms with van der Waals surface area (Å²) in [4.78, 5) is 16.7. The van der Waals surface area contributed by atoms with Gasteiger partial charge in [0, 0.05) is 13.0 Å². The maximum absolute atomic E-state index is 12.2. The first-order chi connectivity index (χ1) is 9.46. The van der Waals surface area contributed by atoms with E-state index in [0.717, 1.165) is 11.0 Å². The van der Waals surface area contributed by atoms with Crippen molar-refractivity contribution in [1.82, 2.24) is 9.55 Å². The molecule has 1 fully saturated rings. The van der Waals surface area contributed by atoms with Gasteiger partial charge in [0.2, 0.25) is 0 Å². The van der Waals surface area contributed by atoms with Crippen molar-refractivity contribution in [1.29, 1.82) is 0 Å². The number of Topliss-reactive ketones (excluding diaryl/α,β-unsaturated/α-hetero) is 1. The van der Waals surface area contributed by atoms with Crippen LogP contribution >= 0.6 is 0 Å². The second-order valence-corrected chi connectivity index (χ2v) is 7.55. The van der Waals surface area contributed by atoms with Gasteiger partial charge in [-0.05, 0) is 18.6 Å². The summed E-state index contributed by atoms with van der Waals surface area (Å²) < 4.78 is 24.8. The van der Waals surface area contributed by atoms with Crippen LogP contribution in [-0.4, -0.2) is 35.3 Å². The Morgan fingerprint density at radius 2 is 2.15 bits per heavy atom. The third-order valence-electron chi connectivity index (χ3n) is 3.90. The van der Waals surface area contributed by atoms with Gasteiger partial charge < -0.3 is 4.57 Å². The molecule has 1 aromatic heterocycles. The molecule has 3 rings (SSSR count). The van der Waals surface area contributed by atoms with Crippen molar-refractivity contribution < 1.29 is 13.2 Å². The summed E-state index contributed by atoms with van der Waals surface area (Å²) in [6.07, 6.45) is 0.649. The van der Waals surface area contributed by atoms with Gasteiger partial charge in [-0.3, -0.25) is 4.79 Å². The van der Waals surface area contributed by atoms with Gasteiger partial charge in [-0.2, -0.15) is 0 Å². The number of para-hydroxylation sites is 2. The first kappa shape index (κ1) is 13.3. The van der Waals surface area contributed by atoms with Crippen LogP contribution in [0.5, 0.6) is 0 Å². The minimum atomic E-state index is -3.02. The smallest absolute Gasteiger partial charge is 0.151 e. The Hall–Kier alpha value is -1.69. The van der Waals surface area contributed by atoms with Gasteiger partial charge in [0.05, 0.1) is 29.0 Å². The van der Waals surface area contributed by atoms with E-state index in [-0.39, 0.29) is 29.6 Å². The number of benzene rings is 1. The highest BCUT2D eigenvalue weighted by atomic mass is 32.2. The summed E-state index contributed by atoms with van der Waals surface area (Å²) in [6.45, 7) is 0. The third kappa shape index (κ3) is 2.35. The molecule has 20 heavy (non-hydrogen) atoms. The van der Waals surface area contributed by atoms with Gasteiger partial charge in [0.25, 0.3) is 0 Å². The predicted octanol–water partition coefficient (Wildman–Crippen LogP) is 1.12. The van der Waals surface area contributed by atoms with E-state index in [1.54, 1.807) is 0 Å². The van der Waals surface area contributed by atoms with Crippen LogP contribution in [0.3, 0.4) is 0 Å². The van der Waals surface area contributed by atoms with Gasteiger partial charge in [-0.1, -0.05) is 12.1 Å². The summed E-state index contributed by atoms with van der Waals surface area (Å²) in [7, 11) is -1.14. The van der Waals surface area contributed by atoms with Crippen molar-refractivity contribution in [2.45, 2.75) is 12.8 Å². The molecule has 0 bridgehead atoms. The van der Waals surface area contributed by atoms with Gasteiger partial charge >= 0.3 is 0 Å². The maximum Gasteiger partial charge on any atom is 0.151 e. The Morgan fingerprint density at radius 3 is 2.80 bits per heavy atom. The van der Waals surface area contributed by atoms with Gasteiger partial charge in [0.15, 0.2) is 9.84 Å². The van der Waals surface area contributed by atoms with Crippen molar-refractivity contribution in [2.24, 2.45) is 13.0 Å². The molecule has 0 amide bonds. The van der Waals surface area contributed by atoms with Gasteiger partial charge in [-0.15, -0.1) is 0 Å². The molecular formula is C14H16N2O3S. The molecule has 1 atom stereocenters. The standard InChI is InChI=1S/C14H16N2O3S/c1-16-12-5-3-2-4-11(12)15-14(16)8-13(17)10-6-7-20(18,19)9-10/h2-5,10H,6-9H2,1H3. The van der Waals surface area contributed by atoms with E-state index in [4.69, 9.17) is 0 Å². The Morgan fingerprint density at radius 1 is 1.40 bits per heavy atom. The SMILES string of the molecule is Cn1c(CC(=O)C2CCS(=O)(=O)C2)nc2ccccc21. The van der Waals surface area contributed by atoms with Crippen molar-refractivity contribution >= 4 is 26.7 Å². The zero-order valence-electron chi connectivity index (χ0n) is 11.2. The van der Waals surface area contributed by atoms with Gasteiger partial charge in [0.1, 0.15) is 11.6 Å². The quantitative estimate of drug-likeness (QED) is 0.850. The topological polar surface area (TPSA) is 69.0 Å². The second-order valence-electron chi connectivity index (χ2n) is 5.32. The van der Waals surface area contributed by atoms with E-state index in [0.29, 0.717) is 12.2 Å². The summed E-state index contributed by atoms with van der Waals surface area (Å²) in [5.41, 5.74) is 1.84. The number of carbonyl (C=O) groups excluding carboxylic acids is 1. The third-order valence-corrected chi connectivity index (χ3v) is 5.67. The summed E-state index contributed by atoms with van der Waals surface area (Å²) in [5.74, 6) is 0.437. The lowest BCUT2D eigenvalue weighted by Crippen LogP contribution is -2.19. The Balaban J connectivity index is 1.83. The lowest BCUT2D eigenvalue weighted by Gasteiger charge is -2.06. The fourth-order valence-corrected chi connectivity index (χ4v) is 4.48. The molecule has 0 aliphatic carbocycles. The highest BCUT2D eigenvalue weighted by Crippen LogP contribution is 2.22. The van der Waals surface area contributed by atoms with Crippen molar-refractivity contribution in [3.63, 3.8) is 0 Å². The number of aromatic nitrogens is 2. The molecule has 2 aromatic rings.